The van der Waals surface area contributed by atoms with Crippen molar-refractivity contribution in [3.63, 3.8) is 0 Å². The molecule has 0 radical (unpaired) electrons. The maximum absolute atomic E-state index is 11.8. The van der Waals surface area contributed by atoms with E-state index in [1.807, 2.05) is 0 Å². The minimum absolute atomic E-state index is 0.108. The lowest BCUT2D eigenvalue weighted by Crippen LogP contribution is -2.50. The van der Waals surface area contributed by atoms with Crippen LogP contribution in [0.4, 0.5) is 0 Å². The highest BCUT2D eigenvalue weighted by Gasteiger charge is 2.15. The molecule has 1 aliphatic rings. The summed E-state index contributed by atoms with van der Waals surface area (Å²) in [6, 6.07) is 8.49. The first kappa shape index (κ1) is 13.1. The molecule has 1 aliphatic heterocycles. The van der Waals surface area contributed by atoms with Crippen LogP contribution in [0.15, 0.2) is 24.3 Å². The molecule has 1 aromatic rings. The normalized spacial score (nSPS) is 19.5. The van der Waals surface area contributed by atoms with E-state index in [0.717, 1.165) is 25.2 Å². The second-order valence-corrected chi connectivity index (χ2v) is 4.82. The van der Waals surface area contributed by atoms with Gasteiger partial charge in [-0.15, -0.1) is 0 Å². The summed E-state index contributed by atoms with van der Waals surface area (Å²) >= 11 is 0. The molecule has 1 heterocycles. The van der Waals surface area contributed by atoms with Crippen molar-refractivity contribution >= 4 is 5.91 Å². The van der Waals surface area contributed by atoms with E-state index in [0.29, 0.717) is 13.0 Å². The standard InChI is InChI=1S/C14H21N3O/c1-11-2-4-12(5-3-11)9-17-14(18)8-13-10-15-6-7-16-13/h2-5,13,15-16H,6-10H2,1H3,(H,17,18). The van der Waals surface area contributed by atoms with Crippen LogP contribution in [0, 0.1) is 6.92 Å². The Hall–Kier alpha value is -1.39. The van der Waals surface area contributed by atoms with E-state index >= 15 is 0 Å². The van der Waals surface area contributed by atoms with E-state index in [1.165, 1.54) is 5.56 Å². The molecule has 0 bridgehead atoms. The summed E-state index contributed by atoms with van der Waals surface area (Å²) in [6.45, 7) is 5.47. The highest BCUT2D eigenvalue weighted by atomic mass is 16.1. The third kappa shape index (κ3) is 4.13. The van der Waals surface area contributed by atoms with Gasteiger partial charge in [0.25, 0.3) is 0 Å². The van der Waals surface area contributed by atoms with E-state index in [1.54, 1.807) is 0 Å². The molecule has 1 fully saturated rings. The summed E-state index contributed by atoms with van der Waals surface area (Å²) in [6.07, 6.45) is 0.541. The number of amides is 1. The van der Waals surface area contributed by atoms with Crippen molar-refractivity contribution in [2.24, 2.45) is 0 Å². The molecule has 0 saturated carbocycles. The van der Waals surface area contributed by atoms with Crippen LogP contribution in [0.2, 0.25) is 0 Å². The summed E-state index contributed by atoms with van der Waals surface area (Å²) in [5, 5.41) is 9.57. The molecular weight excluding hydrogens is 226 g/mol. The molecule has 0 aromatic heterocycles. The first-order valence-electron chi connectivity index (χ1n) is 6.50. The lowest BCUT2D eigenvalue weighted by molar-refractivity contribution is -0.121. The van der Waals surface area contributed by atoms with Crippen LogP contribution in [-0.4, -0.2) is 31.6 Å². The van der Waals surface area contributed by atoms with Gasteiger partial charge in [-0.25, -0.2) is 0 Å². The molecule has 1 amide bonds. The van der Waals surface area contributed by atoms with Crippen molar-refractivity contribution in [2.45, 2.75) is 25.9 Å². The number of hydrogen-bond donors (Lipinski definition) is 3. The first-order valence-corrected chi connectivity index (χ1v) is 6.50. The van der Waals surface area contributed by atoms with E-state index in [2.05, 4.69) is 47.1 Å². The molecule has 1 unspecified atom stereocenters. The van der Waals surface area contributed by atoms with Gasteiger partial charge in [0, 0.05) is 38.6 Å². The van der Waals surface area contributed by atoms with Gasteiger partial charge in [0.15, 0.2) is 0 Å². The van der Waals surface area contributed by atoms with E-state index in [9.17, 15) is 4.79 Å². The van der Waals surface area contributed by atoms with E-state index in [-0.39, 0.29) is 11.9 Å². The predicted molar refractivity (Wildman–Crippen MR) is 72.3 cm³/mol. The fraction of sp³-hybridized carbons (Fsp3) is 0.500. The van der Waals surface area contributed by atoms with E-state index < -0.39 is 0 Å². The van der Waals surface area contributed by atoms with Gasteiger partial charge < -0.3 is 16.0 Å². The quantitative estimate of drug-likeness (QED) is 0.729. The minimum atomic E-state index is 0.108. The average Bonchev–Trinajstić information content (AvgIpc) is 2.39. The van der Waals surface area contributed by atoms with Crippen molar-refractivity contribution in [2.75, 3.05) is 19.6 Å². The Balaban J connectivity index is 1.72. The fourth-order valence-electron chi connectivity index (χ4n) is 2.06. The number of carbonyl (C=O) groups excluding carboxylic acids is 1. The number of benzene rings is 1. The Morgan fingerprint density at radius 1 is 1.33 bits per heavy atom. The smallest absolute Gasteiger partial charge is 0.221 e. The van der Waals surface area contributed by atoms with Crippen LogP contribution in [0.1, 0.15) is 17.5 Å². The van der Waals surface area contributed by atoms with Crippen LogP contribution >= 0.6 is 0 Å². The molecule has 1 atom stereocenters. The van der Waals surface area contributed by atoms with Crippen LogP contribution in [-0.2, 0) is 11.3 Å². The van der Waals surface area contributed by atoms with Gasteiger partial charge in [-0.05, 0) is 12.5 Å². The molecule has 4 nitrogen and oxygen atoms in total. The molecule has 18 heavy (non-hydrogen) atoms. The topological polar surface area (TPSA) is 53.2 Å². The second kappa shape index (κ2) is 6.52. The number of hydrogen-bond acceptors (Lipinski definition) is 3. The van der Waals surface area contributed by atoms with Crippen LogP contribution in [0.5, 0.6) is 0 Å². The van der Waals surface area contributed by atoms with Crippen molar-refractivity contribution in [1.82, 2.24) is 16.0 Å². The number of rotatable bonds is 4. The zero-order valence-corrected chi connectivity index (χ0v) is 10.8. The summed E-state index contributed by atoms with van der Waals surface area (Å²) in [5.41, 5.74) is 2.38. The van der Waals surface area contributed by atoms with Crippen molar-refractivity contribution in [3.8, 4) is 0 Å². The summed E-state index contributed by atoms with van der Waals surface area (Å²) in [4.78, 5) is 11.8. The number of piperazine rings is 1. The monoisotopic (exact) mass is 247 g/mol. The van der Waals surface area contributed by atoms with Crippen molar-refractivity contribution < 1.29 is 4.79 Å². The highest BCUT2D eigenvalue weighted by Crippen LogP contribution is 2.03. The lowest BCUT2D eigenvalue weighted by atomic mass is 10.1. The van der Waals surface area contributed by atoms with Crippen molar-refractivity contribution in [1.29, 1.82) is 0 Å². The van der Waals surface area contributed by atoms with Crippen LogP contribution in [0.3, 0.4) is 0 Å². The zero-order chi connectivity index (χ0) is 12.8. The Bertz CT molecular complexity index is 383. The van der Waals surface area contributed by atoms with E-state index in [4.69, 9.17) is 0 Å². The first-order chi connectivity index (χ1) is 8.74. The molecule has 3 N–H and O–H groups in total. The number of carbonyl (C=O) groups is 1. The predicted octanol–water partition coefficient (Wildman–Crippen LogP) is 0.563. The Morgan fingerprint density at radius 2 is 2.11 bits per heavy atom. The van der Waals surface area contributed by atoms with Gasteiger partial charge >= 0.3 is 0 Å². The van der Waals surface area contributed by atoms with Crippen LogP contribution in [0.25, 0.3) is 0 Å². The largest absolute Gasteiger partial charge is 0.352 e. The molecule has 2 rings (SSSR count). The summed E-state index contributed by atoms with van der Waals surface area (Å²) in [7, 11) is 0. The van der Waals surface area contributed by atoms with Gasteiger partial charge in [0.2, 0.25) is 5.91 Å². The van der Waals surface area contributed by atoms with Gasteiger partial charge in [-0.2, -0.15) is 0 Å². The SMILES string of the molecule is Cc1ccc(CNC(=O)CC2CNCCN2)cc1. The van der Waals surface area contributed by atoms with Gasteiger partial charge in [0.05, 0.1) is 0 Å². The Morgan fingerprint density at radius 3 is 2.78 bits per heavy atom. The molecule has 4 heteroatoms. The summed E-state index contributed by atoms with van der Waals surface area (Å²) in [5.74, 6) is 0.108. The maximum Gasteiger partial charge on any atom is 0.221 e. The van der Waals surface area contributed by atoms with Gasteiger partial charge in [-0.3, -0.25) is 4.79 Å². The minimum Gasteiger partial charge on any atom is -0.352 e. The molecule has 0 aliphatic carbocycles. The molecular formula is C14H21N3O. The molecule has 1 aromatic carbocycles. The molecule has 1 saturated heterocycles. The highest BCUT2D eigenvalue weighted by molar-refractivity contribution is 5.76. The maximum atomic E-state index is 11.8. The fourth-order valence-corrected chi connectivity index (χ4v) is 2.06. The van der Waals surface area contributed by atoms with Gasteiger partial charge in [0.1, 0.15) is 0 Å². The number of nitrogens with one attached hydrogen (secondary N) is 3. The lowest BCUT2D eigenvalue weighted by Gasteiger charge is -2.23. The third-order valence-electron chi connectivity index (χ3n) is 3.17. The Labute approximate surface area is 108 Å². The molecule has 98 valence electrons. The second-order valence-electron chi connectivity index (χ2n) is 4.82. The summed E-state index contributed by atoms with van der Waals surface area (Å²) < 4.78 is 0. The van der Waals surface area contributed by atoms with Gasteiger partial charge in [-0.1, -0.05) is 29.8 Å². The van der Waals surface area contributed by atoms with Crippen molar-refractivity contribution in [3.05, 3.63) is 35.4 Å². The third-order valence-corrected chi connectivity index (χ3v) is 3.17. The molecule has 0 spiro atoms. The average molecular weight is 247 g/mol. The number of aryl methyl sites for hydroxylation is 1. The van der Waals surface area contributed by atoms with Crippen LogP contribution < -0.4 is 16.0 Å². The zero-order valence-electron chi connectivity index (χ0n) is 10.8. The Kier molecular flexibility index (Phi) is 4.73.